The smallest absolute Gasteiger partial charge is 0.203 e. The average Bonchev–Trinajstić information content (AvgIpc) is 2.50. The lowest BCUT2D eigenvalue weighted by molar-refractivity contribution is 0.0989. The molecule has 1 aromatic carbocycles. The number of ketones is 1. The maximum atomic E-state index is 12.5. The number of nitrogens with zero attached hydrogens (tertiary/aromatic N) is 1. The van der Waals surface area contributed by atoms with Gasteiger partial charge in [0.15, 0.2) is 17.3 Å². The summed E-state index contributed by atoms with van der Waals surface area (Å²) in [5.41, 5.74) is 0.749. The van der Waals surface area contributed by atoms with Crippen LogP contribution in [0, 0.1) is 0 Å². The summed E-state index contributed by atoms with van der Waals surface area (Å²) in [5, 5.41) is 10.4. The van der Waals surface area contributed by atoms with E-state index in [1.807, 2.05) is 0 Å². The molecule has 0 unspecified atom stereocenters. The fourth-order valence-corrected chi connectivity index (χ4v) is 2.53. The van der Waals surface area contributed by atoms with Crippen molar-refractivity contribution in [2.24, 2.45) is 0 Å². The molecule has 0 amide bonds. The van der Waals surface area contributed by atoms with Crippen molar-refractivity contribution >= 4 is 29.0 Å². The number of hydrogen-bond acceptors (Lipinski definition) is 5. The number of carbonyl (C=O) groups is 1. The minimum Gasteiger partial charge on any atom is -0.504 e. The standard InChI is InChI=1S/C15H13Cl2NO4/c1-21-14-8(3-4-12(19)15(14)22-2)13(20)5-9-10(16)6-18-7-11(9)17/h3-4,6-7,19H,5H2,1-2H3. The molecule has 7 heteroatoms. The number of phenols is 1. The molecule has 0 saturated heterocycles. The van der Waals surface area contributed by atoms with Crippen molar-refractivity contribution in [3.63, 3.8) is 0 Å². The highest BCUT2D eigenvalue weighted by Gasteiger charge is 2.21. The van der Waals surface area contributed by atoms with Gasteiger partial charge >= 0.3 is 0 Å². The highest BCUT2D eigenvalue weighted by molar-refractivity contribution is 6.36. The van der Waals surface area contributed by atoms with Crippen LogP contribution >= 0.6 is 23.2 Å². The molecule has 1 heterocycles. The van der Waals surface area contributed by atoms with Crippen LogP contribution in [-0.2, 0) is 6.42 Å². The Labute approximate surface area is 137 Å². The van der Waals surface area contributed by atoms with Gasteiger partial charge in [0.05, 0.1) is 29.8 Å². The molecule has 1 aromatic heterocycles. The van der Waals surface area contributed by atoms with E-state index < -0.39 is 0 Å². The van der Waals surface area contributed by atoms with E-state index in [0.717, 1.165) is 0 Å². The Morgan fingerprint density at radius 1 is 1.14 bits per heavy atom. The fourth-order valence-electron chi connectivity index (χ4n) is 2.03. The zero-order valence-electron chi connectivity index (χ0n) is 11.9. The molecule has 0 saturated carbocycles. The third-order valence-electron chi connectivity index (χ3n) is 3.09. The zero-order valence-corrected chi connectivity index (χ0v) is 13.4. The Kier molecular flexibility index (Phi) is 5.11. The van der Waals surface area contributed by atoms with Crippen LogP contribution in [0.3, 0.4) is 0 Å². The normalized spacial score (nSPS) is 10.4. The van der Waals surface area contributed by atoms with Gasteiger partial charge in [0.2, 0.25) is 5.75 Å². The first-order chi connectivity index (χ1) is 10.5. The Hall–Kier alpha value is -1.98. The summed E-state index contributed by atoms with van der Waals surface area (Å²) in [6.07, 6.45) is 2.82. The maximum absolute atomic E-state index is 12.5. The molecule has 0 aliphatic heterocycles. The number of phenolic OH excluding ortho intramolecular Hbond substituents is 1. The molecule has 2 rings (SSSR count). The molecule has 0 radical (unpaired) electrons. The van der Waals surface area contributed by atoms with E-state index in [4.69, 9.17) is 32.7 Å². The molecule has 0 atom stereocenters. The molecule has 0 fully saturated rings. The number of halogens is 2. The molecule has 0 spiro atoms. The van der Waals surface area contributed by atoms with Crippen LogP contribution in [0.15, 0.2) is 24.5 Å². The predicted octanol–water partition coefficient (Wildman–Crippen LogP) is 3.54. The summed E-state index contributed by atoms with van der Waals surface area (Å²) in [6, 6.07) is 2.83. The van der Waals surface area contributed by atoms with Crippen LogP contribution < -0.4 is 9.47 Å². The second-order valence-corrected chi connectivity index (χ2v) is 5.19. The number of methoxy groups -OCH3 is 2. The Morgan fingerprint density at radius 3 is 2.27 bits per heavy atom. The zero-order chi connectivity index (χ0) is 16.3. The number of aromatic hydroxyl groups is 1. The first-order valence-corrected chi connectivity index (χ1v) is 7.00. The lowest BCUT2D eigenvalue weighted by Gasteiger charge is -2.13. The van der Waals surface area contributed by atoms with Crippen molar-refractivity contribution in [2.45, 2.75) is 6.42 Å². The Bertz CT molecular complexity index is 699. The van der Waals surface area contributed by atoms with Crippen molar-refractivity contribution < 1.29 is 19.4 Å². The van der Waals surface area contributed by atoms with Crippen molar-refractivity contribution in [3.8, 4) is 17.2 Å². The predicted molar refractivity (Wildman–Crippen MR) is 83.5 cm³/mol. The fraction of sp³-hybridized carbons (Fsp3) is 0.200. The summed E-state index contributed by atoms with van der Waals surface area (Å²) < 4.78 is 10.2. The van der Waals surface area contributed by atoms with E-state index in [1.165, 1.54) is 38.7 Å². The largest absolute Gasteiger partial charge is 0.504 e. The van der Waals surface area contributed by atoms with Gasteiger partial charge in [0.1, 0.15) is 0 Å². The summed E-state index contributed by atoms with van der Waals surface area (Å²) in [7, 11) is 2.77. The van der Waals surface area contributed by atoms with Crippen molar-refractivity contribution in [1.82, 2.24) is 4.98 Å². The van der Waals surface area contributed by atoms with Crippen LogP contribution in [0.5, 0.6) is 17.2 Å². The SMILES string of the molecule is COc1c(O)ccc(C(=O)Cc2c(Cl)cncc2Cl)c1OC. The summed E-state index contributed by atoms with van der Waals surface area (Å²) >= 11 is 12.0. The number of Topliss-reactive ketones (excluding diaryl/α,β-unsaturated/α-hetero) is 1. The van der Waals surface area contributed by atoms with Gasteiger partial charge in [0.25, 0.3) is 0 Å². The number of carbonyl (C=O) groups excluding carboxylic acids is 1. The van der Waals surface area contributed by atoms with Crippen molar-refractivity contribution in [2.75, 3.05) is 14.2 Å². The third kappa shape index (κ3) is 3.10. The minimum absolute atomic E-state index is 0.0233. The molecule has 2 aromatic rings. The maximum Gasteiger partial charge on any atom is 0.203 e. The van der Waals surface area contributed by atoms with Gasteiger partial charge in [-0.05, 0) is 12.1 Å². The third-order valence-corrected chi connectivity index (χ3v) is 3.74. The number of ether oxygens (including phenoxy) is 2. The highest BCUT2D eigenvalue weighted by atomic mass is 35.5. The first kappa shape index (κ1) is 16.4. The van der Waals surface area contributed by atoms with Gasteiger partial charge in [0, 0.05) is 24.4 Å². The van der Waals surface area contributed by atoms with Crippen molar-refractivity contribution in [1.29, 1.82) is 0 Å². The van der Waals surface area contributed by atoms with Crippen LogP contribution in [0.2, 0.25) is 10.0 Å². The van der Waals surface area contributed by atoms with E-state index in [2.05, 4.69) is 4.98 Å². The number of pyridine rings is 1. The van der Waals surface area contributed by atoms with Gasteiger partial charge in [-0.1, -0.05) is 23.2 Å². The highest BCUT2D eigenvalue weighted by Crippen LogP contribution is 2.39. The first-order valence-electron chi connectivity index (χ1n) is 6.24. The Morgan fingerprint density at radius 2 is 1.73 bits per heavy atom. The number of aromatic nitrogens is 1. The second kappa shape index (κ2) is 6.85. The molecule has 5 nitrogen and oxygen atoms in total. The van der Waals surface area contributed by atoms with Gasteiger partial charge in [-0.2, -0.15) is 0 Å². The molecule has 1 N–H and O–H groups in total. The van der Waals surface area contributed by atoms with Crippen LogP contribution in [0.4, 0.5) is 0 Å². The molecular formula is C15H13Cl2NO4. The van der Waals surface area contributed by atoms with E-state index in [9.17, 15) is 9.90 Å². The lowest BCUT2D eigenvalue weighted by Crippen LogP contribution is -2.08. The van der Waals surface area contributed by atoms with Gasteiger partial charge < -0.3 is 14.6 Å². The van der Waals surface area contributed by atoms with Crippen LogP contribution in [-0.4, -0.2) is 30.1 Å². The number of hydrogen-bond donors (Lipinski definition) is 1. The second-order valence-electron chi connectivity index (χ2n) is 4.38. The van der Waals surface area contributed by atoms with Crippen LogP contribution in [0.25, 0.3) is 0 Å². The number of benzene rings is 1. The van der Waals surface area contributed by atoms with E-state index in [0.29, 0.717) is 15.6 Å². The van der Waals surface area contributed by atoms with Crippen LogP contribution in [0.1, 0.15) is 15.9 Å². The molecule has 116 valence electrons. The molecule has 0 aliphatic carbocycles. The summed E-state index contributed by atoms with van der Waals surface area (Å²) in [6.45, 7) is 0. The molecule has 0 aliphatic rings. The van der Waals surface area contributed by atoms with Gasteiger partial charge in [-0.25, -0.2) is 0 Å². The summed E-state index contributed by atoms with van der Waals surface area (Å²) in [4.78, 5) is 16.4. The van der Waals surface area contributed by atoms with Gasteiger partial charge in [-0.3, -0.25) is 9.78 Å². The summed E-state index contributed by atoms with van der Waals surface area (Å²) in [5.74, 6) is -0.130. The monoisotopic (exact) mass is 341 g/mol. The van der Waals surface area contributed by atoms with E-state index >= 15 is 0 Å². The number of rotatable bonds is 5. The molecule has 22 heavy (non-hydrogen) atoms. The van der Waals surface area contributed by atoms with Gasteiger partial charge in [-0.15, -0.1) is 0 Å². The molecular weight excluding hydrogens is 329 g/mol. The topological polar surface area (TPSA) is 68.7 Å². The molecule has 0 bridgehead atoms. The van der Waals surface area contributed by atoms with Crippen molar-refractivity contribution in [3.05, 3.63) is 45.7 Å². The quantitative estimate of drug-likeness (QED) is 0.842. The average molecular weight is 342 g/mol. The van der Waals surface area contributed by atoms with E-state index in [-0.39, 0.29) is 35.0 Å². The van der Waals surface area contributed by atoms with E-state index in [1.54, 1.807) is 0 Å². The Balaban J connectivity index is 2.42. The lowest BCUT2D eigenvalue weighted by atomic mass is 10.0. The minimum atomic E-state index is -0.273.